The number of alkyl halides is 1. The lowest BCUT2D eigenvalue weighted by molar-refractivity contribution is -0.115. The van der Waals surface area contributed by atoms with Crippen LogP contribution in [-0.4, -0.2) is 23.3 Å². The van der Waals surface area contributed by atoms with Crippen molar-refractivity contribution in [1.29, 1.82) is 0 Å². The van der Waals surface area contributed by atoms with Crippen LogP contribution in [0.1, 0.15) is 35.7 Å². The number of nitrogens with one attached hydrogen (secondary N) is 1. The molecule has 0 aliphatic carbocycles. The molecule has 0 saturated carbocycles. The van der Waals surface area contributed by atoms with Crippen molar-refractivity contribution in [3.05, 3.63) is 65.5 Å². The highest BCUT2D eigenvalue weighted by Gasteiger charge is 2.18. The van der Waals surface area contributed by atoms with Gasteiger partial charge in [0.25, 0.3) is 0 Å². The normalized spacial score (nSPS) is 11.7. The molecule has 0 aliphatic rings. The summed E-state index contributed by atoms with van der Waals surface area (Å²) in [6.45, 7) is 2.39. The van der Waals surface area contributed by atoms with E-state index < -0.39 is 10.8 Å². The largest absolute Gasteiger partial charge is 0.462 e. The lowest BCUT2D eigenvalue weighted by Crippen LogP contribution is -2.25. The maximum Gasteiger partial charge on any atom is 0.338 e. The zero-order valence-electron chi connectivity index (χ0n) is 14.5. The summed E-state index contributed by atoms with van der Waals surface area (Å²) in [4.78, 5) is 23.7. The third-order valence-corrected chi connectivity index (χ3v) is 4.48. The summed E-state index contributed by atoms with van der Waals surface area (Å²) in [5.74, 6) is -1.08. The summed E-state index contributed by atoms with van der Waals surface area (Å²) in [5, 5.41) is 2.73. The fourth-order valence-corrected chi connectivity index (χ4v) is 2.75. The number of hydrogen-bond donors (Lipinski definition) is 1. The second-order valence-corrected chi connectivity index (χ2v) is 6.93. The number of rotatable bonds is 8. The van der Waals surface area contributed by atoms with E-state index in [1.54, 1.807) is 42.5 Å². The van der Waals surface area contributed by atoms with E-state index in [4.69, 9.17) is 4.74 Å². The number of anilines is 1. The number of carbonyl (C=O) groups excluding carboxylic acids is 2. The molecular weight excluding hydrogens is 401 g/mol. The van der Waals surface area contributed by atoms with Gasteiger partial charge in [0.15, 0.2) is 0 Å². The zero-order chi connectivity index (χ0) is 18.9. The van der Waals surface area contributed by atoms with E-state index in [1.807, 2.05) is 6.92 Å². The fourth-order valence-electron chi connectivity index (χ4n) is 2.29. The van der Waals surface area contributed by atoms with Gasteiger partial charge in [0, 0.05) is 5.69 Å². The first-order chi connectivity index (χ1) is 12.5. The van der Waals surface area contributed by atoms with E-state index >= 15 is 0 Å². The Labute approximate surface area is 160 Å². The molecule has 4 nitrogen and oxygen atoms in total. The minimum absolute atomic E-state index is 0.220. The summed E-state index contributed by atoms with van der Waals surface area (Å²) in [5.41, 5.74) is 1.31. The van der Waals surface area contributed by atoms with E-state index in [0.29, 0.717) is 23.4 Å². The molecule has 1 amide bonds. The van der Waals surface area contributed by atoms with Crippen LogP contribution in [0, 0.1) is 5.82 Å². The Balaban J connectivity index is 1.97. The molecule has 0 spiro atoms. The average Bonchev–Trinajstić information content (AvgIpc) is 2.64. The van der Waals surface area contributed by atoms with Gasteiger partial charge in [-0.2, -0.15) is 0 Å². The SMILES string of the molecule is CCCCOC(=O)c1cccc(NC(=O)C(Br)Cc2ccccc2F)c1. The summed E-state index contributed by atoms with van der Waals surface area (Å²) in [7, 11) is 0. The van der Waals surface area contributed by atoms with Gasteiger partial charge in [0.05, 0.1) is 17.0 Å². The van der Waals surface area contributed by atoms with Crippen LogP contribution in [0.3, 0.4) is 0 Å². The molecule has 0 heterocycles. The summed E-state index contributed by atoms with van der Waals surface area (Å²) in [6.07, 6.45) is 1.97. The van der Waals surface area contributed by atoms with Crippen LogP contribution >= 0.6 is 15.9 Å². The number of esters is 1. The number of halogens is 2. The smallest absolute Gasteiger partial charge is 0.338 e. The van der Waals surface area contributed by atoms with Gasteiger partial charge < -0.3 is 10.1 Å². The highest BCUT2D eigenvalue weighted by molar-refractivity contribution is 9.10. The van der Waals surface area contributed by atoms with Gasteiger partial charge in [0.1, 0.15) is 5.82 Å². The van der Waals surface area contributed by atoms with Crippen LogP contribution < -0.4 is 5.32 Å². The molecule has 2 aromatic rings. The molecule has 2 rings (SSSR count). The Morgan fingerprint density at radius 1 is 1.19 bits per heavy atom. The third-order valence-electron chi connectivity index (χ3n) is 3.74. The van der Waals surface area contributed by atoms with Gasteiger partial charge in [-0.1, -0.05) is 53.5 Å². The summed E-state index contributed by atoms with van der Waals surface area (Å²) >= 11 is 3.29. The molecule has 1 atom stereocenters. The topological polar surface area (TPSA) is 55.4 Å². The van der Waals surface area contributed by atoms with Crippen LogP contribution in [-0.2, 0) is 16.0 Å². The molecule has 6 heteroatoms. The number of hydrogen-bond acceptors (Lipinski definition) is 3. The third kappa shape index (κ3) is 5.95. The maximum atomic E-state index is 13.7. The lowest BCUT2D eigenvalue weighted by Gasteiger charge is -2.12. The molecular formula is C20H21BrFNO3. The zero-order valence-corrected chi connectivity index (χ0v) is 16.1. The second-order valence-electron chi connectivity index (χ2n) is 5.82. The molecule has 0 saturated heterocycles. The first-order valence-electron chi connectivity index (χ1n) is 8.46. The molecule has 0 aromatic heterocycles. The Morgan fingerprint density at radius 2 is 1.96 bits per heavy atom. The van der Waals surface area contributed by atoms with Crippen molar-refractivity contribution in [2.75, 3.05) is 11.9 Å². The predicted molar refractivity (Wildman–Crippen MR) is 103 cm³/mol. The van der Waals surface area contributed by atoms with E-state index in [-0.39, 0.29) is 18.1 Å². The van der Waals surface area contributed by atoms with Crippen molar-refractivity contribution in [3.63, 3.8) is 0 Å². The number of unbranched alkanes of at least 4 members (excludes halogenated alkanes) is 1. The molecule has 0 bridgehead atoms. The number of ether oxygens (including phenoxy) is 1. The first kappa shape index (κ1) is 20.1. The van der Waals surface area contributed by atoms with Gasteiger partial charge in [-0.3, -0.25) is 4.79 Å². The van der Waals surface area contributed by atoms with Crippen molar-refractivity contribution >= 4 is 33.5 Å². The number of benzene rings is 2. The maximum absolute atomic E-state index is 13.7. The van der Waals surface area contributed by atoms with Crippen molar-refractivity contribution < 1.29 is 18.7 Å². The van der Waals surface area contributed by atoms with Crippen molar-refractivity contribution in [2.24, 2.45) is 0 Å². The monoisotopic (exact) mass is 421 g/mol. The minimum atomic E-state index is -0.598. The van der Waals surface area contributed by atoms with E-state index in [0.717, 1.165) is 12.8 Å². The predicted octanol–water partition coefficient (Wildman–Crippen LogP) is 4.73. The Kier molecular flexibility index (Phi) is 7.78. The van der Waals surface area contributed by atoms with Crippen molar-refractivity contribution in [1.82, 2.24) is 0 Å². The first-order valence-corrected chi connectivity index (χ1v) is 9.38. The minimum Gasteiger partial charge on any atom is -0.462 e. The van der Waals surface area contributed by atoms with Crippen LogP contribution in [0.15, 0.2) is 48.5 Å². The Hall–Kier alpha value is -2.21. The van der Waals surface area contributed by atoms with E-state index in [2.05, 4.69) is 21.2 Å². The summed E-state index contributed by atoms with van der Waals surface area (Å²) in [6, 6.07) is 12.9. The van der Waals surface area contributed by atoms with Crippen LogP contribution in [0.2, 0.25) is 0 Å². The molecule has 0 fully saturated rings. The molecule has 26 heavy (non-hydrogen) atoms. The van der Waals surface area contributed by atoms with Gasteiger partial charge >= 0.3 is 5.97 Å². The van der Waals surface area contributed by atoms with Gasteiger partial charge in [0.2, 0.25) is 5.91 Å². The quantitative estimate of drug-likeness (QED) is 0.380. The standard InChI is InChI=1S/C20H21BrFNO3/c1-2-3-11-26-20(25)15-8-6-9-16(12-15)23-19(24)17(21)13-14-7-4-5-10-18(14)22/h4-10,12,17H,2-3,11,13H2,1H3,(H,23,24). The Morgan fingerprint density at radius 3 is 2.69 bits per heavy atom. The molecule has 2 aromatic carbocycles. The molecule has 138 valence electrons. The van der Waals surface area contributed by atoms with Crippen LogP contribution in [0.25, 0.3) is 0 Å². The lowest BCUT2D eigenvalue weighted by atomic mass is 10.1. The Bertz CT molecular complexity index is 766. The summed E-state index contributed by atoms with van der Waals surface area (Å²) < 4.78 is 18.9. The second kappa shape index (κ2) is 10.1. The van der Waals surface area contributed by atoms with E-state index in [1.165, 1.54) is 6.07 Å². The molecule has 1 unspecified atom stereocenters. The van der Waals surface area contributed by atoms with Crippen LogP contribution in [0.4, 0.5) is 10.1 Å². The molecule has 0 aliphatic heterocycles. The highest BCUT2D eigenvalue weighted by Crippen LogP contribution is 2.17. The number of amides is 1. The van der Waals surface area contributed by atoms with Gasteiger partial charge in [-0.05, 0) is 42.7 Å². The number of carbonyl (C=O) groups is 2. The highest BCUT2D eigenvalue weighted by atomic mass is 79.9. The van der Waals surface area contributed by atoms with E-state index in [9.17, 15) is 14.0 Å². The van der Waals surface area contributed by atoms with Crippen molar-refractivity contribution in [3.8, 4) is 0 Å². The molecule has 0 radical (unpaired) electrons. The molecule has 1 N–H and O–H groups in total. The van der Waals surface area contributed by atoms with Crippen molar-refractivity contribution in [2.45, 2.75) is 31.0 Å². The van der Waals surface area contributed by atoms with Crippen LogP contribution in [0.5, 0.6) is 0 Å². The van der Waals surface area contributed by atoms with Gasteiger partial charge in [-0.15, -0.1) is 0 Å². The fraction of sp³-hybridized carbons (Fsp3) is 0.300. The van der Waals surface area contributed by atoms with Gasteiger partial charge in [-0.25, -0.2) is 9.18 Å². The average molecular weight is 422 g/mol.